The Morgan fingerprint density at radius 3 is 3.00 bits per heavy atom. The summed E-state index contributed by atoms with van der Waals surface area (Å²) in [6.07, 6.45) is 3.05. The number of aromatic amines is 2. The summed E-state index contributed by atoms with van der Waals surface area (Å²) in [6.45, 7) is 0. The first kappa shape index (κ1) is 10.8. The van der Waals surface area contributed by atoms with Crippen LogP contribution in [0.2, 0.25) is 0 Å². The molecule has 0 aliphatic carbocycles. The van der Waals surface area contributed by atoms with E-state index in [1.54, 1.807) is 12.4 Å². The molecule has 0 saturated carbocycles. The minimum Gasteiger partial charge on any atom is -0.495 e. The van der Waals surface area contributed by atoms with Gasteiger partial charge in [0.15, 0.2) is 17.3 Å². The highest BCUT2D eigenvalue weighted by atomic mass is 16.3. The number of aromatic hydroxyl groups is 1. The molecule has 98 valence electrons. The Bertz CT molecular complexity index is 909. The molecule has 20 heavy (non-hydrogen) atoms. The van der Waals surface area contributed by atoms with Gasteiger partial charge < -0.3 is 20.4 Å². The lowest BCUT2D eigenvalue weighted by atomic mass is 10.2. The van der Waals surface area contributed by atoms with Gasteiger partial charge in [-0.25, -0.2) is 15.0 Å². The molecule has 4 rings (SSSR count). The summed E-state index contributed by atoms with van der Waals surface area (Å²) in [5.41, 5.74) is 3.11. The Hall–Kier alpha value is -3.09. The number of benzene rings is 1. The normalized spacial score (nSPS) is 11.2. The van der Waals surface area contributed by atoms with Gasteiger partial charge in [-0.2, -0.15) is 0 Å². The van der Waals surface area contributed by atoms with E-state index in [1.165, 1.54) is 6.33 Å². The zero-order chi connectivity index (χ0) is 13.5. The zero-order valence-electron chi connectivity index (χ0n) is 10.3. The van der Waals surface area contributed by atoms with Gasteiger partial charge in [-0.3, -0.25) is 0 Å². The third-order valence-corrected chi connectivity index (χ3v) is 3.09. The second-order valence-electron chi connectivity index (χ2n) is 4.41. The number of nitrogens with zero attached hydrogens (tertiary/aromatic N) is 3. The fourth-order valence-electron chi connectivity index (χ4n) is 2.19. The van der Waals surface area contributed by atoms with Gasteiger partial charge in [0.25, 0.3) is 0 Å². The van der Waals surface area contributed by atoms with E-state index in [2.05, 4.69) is 30.2 Å². The van der Waals surface area contributed by atoms with Crippen LogP contribution in [0.3, 0.4) is 0 Å². The Labute approximate surface area is 112 Å². The highest BCUT2D eigenvalue weighted by Gasteiger charge is 2.07. The van der Waals surface area contributed by atoms with Crippen LogP contribution in [0.1, 0.15) is 0 Å². The maximum absolute atomic E-state index is 9.44. The van der Waals surface area contributed by atoms with Crippen LogP contribution >= 0.6 is 0 Å². The van der Waals surface area contributed by atoms with Gasteiger partial charge in [0.05, 0.1) is 6.33 Å². The SMILES string of the molecule is Oc1cc2cc(Nc3ncnc4nc[nH]c34)ccc2[nH]1. The third kappa shape index (κ3) is 1.64. The molecule has 0 bridgehead atoms. The van der Waals surface area contributed by atoms with Crippen molar-refractivity contribution >= 4 is 33.6 Å². The molecule has 0 amide bonds. The summed E-state index contributed by atoms with van der Waals surface area (Å²) in [6, 6.07) is 7.40. The summed E-state index contributed by atoms with van der Waals surface area (Å²) in [4.78, 5) is 18.2. The largest absolute Gasteiger partial charge is 0.495 e. The number of rotatable bonds is 2. The number of nitrogens with one attached hydrogen (secondary N) is 3. The lowest BCUT2D eigenvalue weighted by Gasteiger charge is -2.05. The molecule has 0 aliphatic rings. The van der Waals surface area contributed by atoms with Crippen molar-refractivity contribution in [2.45, 2.75) is 0 Å². The van der Waals surface area contributed by atoms with Gasteiger partial charge in [-0.05, 0) is 18.2 Å². The number of hydrogen-bond acceptors (Lipinski definition) is 5. The van der Waals surface area contributed by atoms with E-state index in [1.807, 2.05) is 18.2 Å². The zero-order valence-corrected chi connectivity index (χ0v) is 10.3. The molecule has 4 N–H and O–H groups in total. The summed E-state index contributed by atoms with van der Waals surface area (Å²) < 4.78 is 0. The number of aromatic nitrogens is 5. The maximum Gasteiger partial charge on any atom is 0.189 e. The van der Waals surface area contributed by atoms with E-state index in [0.717, 1.165) is 22.1 Å². The predicted octanol–water partition coefficient (Wildman–Crippen LogP) is 2.28. The molecule has 7 nitrogen and oxygen atoms in total. The van der Waals surface area contributed by atoms with Crippen molar-refractivity contribution in [3.8, 4) is 5.88 Å². The Morgan fingerprint density at radius 1 is 1.10 bits per heavy atom. The smallest absolute Gasteiger partial charge is 0.189 e. The van der Waals surface area contributed by atoms with E-state index in [4.69, 9.17) is 0 Å². The average Bonchev–Trinajstić information content (AvgIpc) is 3.03. The fourth-order valence-corrected chi connectivity index (χ4v) is 2.19. The van der Waals surface area contributed by atoms with Gasteiger partial charge in [-0.15, -0.1) is 0 Å². The van der Waals surface area contributed by atoms with Crippen molar-refractivity contribution in [2.24, 2.45) is 0 Å². The maximum atomic E-state index is 9.44. The summed E-state index contributed by atoms with van der Waals surface area (Å²) in [5, 5.41) is 13.6. The van der Waals surface area contributed by atoms with E-state index in [-0.39, 0.29) is 5.88 Å². The van der Waals surface area contributed by atoms with Crippen LogP contribution in [0.5, 0.6) is 5.88 Å². The monoisotopic (exact) mass is 266 g/mol. The minimum atomic E-state index is 0.148. The molecule has 4 aromatic rings. The summed E-state index contributed by atoms with van der Waals surface area (Å²) in [7, 11) is 0. The highest BCUT2D eigenvalue weighted by molar-refractivity contribution is 5.88. The molecule has 0 radical (unpaired) electrons. The van der Waals surface area contributed by atoms with Crippen LogP contribution in [0, 0.1) is 0 Å². The van der Waals surface area contributed by atoms with E-state index in [0.29, 0.717) is 11.5 Å². The van der Waals surface area contributed by atoms with Crippen molar-refractivity contribution in [1.29, 1.82) is 0 Å². The molecule has 3 aromatic heterocycles. The first-order valence-electron chi connectivity index (χ1n) is 6.02. The first-order valence-corrected chi connectivity index (χ1v) is 6.02. The number of fused-ring (bicyclic) bond motifs is 2. The quantitative estimate of drug-likeness (QED) is 0.446. The van der Waals surface area contributed by atoms with E-state index >= 15 is 0 Å². The van der Waals surface area contributed by atoms with Crippen LogP contribution in [-0.2, 0) is 0 Å². The molecule has 1 aromatic carbocycles. The van der Waals surface area contributed by atoms with Gasteiger partial charge in [-0.1, -0.05) is 0 Å². The topological polar surface area (TPSA) is 103 Å². The van der Waals surface area contributed by atoms with Gasteiger partial charge in [0, 0.05) is 22.7 Å². The van der Waals surface area contributed by atoms with Crippen molar-refractivity contribution in [2.75, 3.05) is 5.32 Å². The first-order chi connectivity index (χ1) is 9.79. The van der Waals surface area contributed by atoms with Gasteiger partial charge >= 0.3 is 0 Å². The van der Waals surface area contributed by atoms with Crippen LogP contribution in [0.4, 0.5) is 11.5 Å². The molecule has 0 saturated heterocycles. The number of hydrogen-bond donors (Lipinski definition) is 4. The van der Waals surface area contributed by atoms with Crippen molar-refractivity contribution < 1.29 is 5.11 Å². The summed E-state index contributed by atoms with van der Waals surface area (Å²) in [5.74, 6) is 0.807. The fraction of sp³-hybridized carbons (Fsp3) is 0. The predicted molar refractivity (Wildman–Crippen MR) is 74.9 cm³/mol. The molecule has 0 fully saturated rings. The standard InChI is InChI=1S/C13H10N6O/c20-10-4-7-3-8(1-2-9(7)19-10)18-13-11-12(15-5-14-11)16-6-17-13/h1-6,19-20H,(H2,14,15,16,17,18). The second kappa shape index (κ2) is 3.95. The number of imidazole rings is 1. The van der Waals surface area contributed by atoms with Gasteiger partial charge in [0.2, 0.25) is 0 Å². The van der Waals surface area contributed by atoms with Gasteiger partial charge in [0.1, 0.15) is 11.8 Å². The van der Waals surface area contributed by atoms with Crippen LogP contribution in [0.25, 0.3) is 22.1 Å². The molecule has 0 unspecified atom stereocenters. The molecule has 0 atom stereocenters. The van der Waals surface area contributed by atoms with Crippen LogP contribution < -0.4 is 5.32 Å². The van der Waals surface area contributed by atoms with Crippen molar-refractivity contribution in [3.05, 3.63) is 36.9 Å². The summed E-state index contributed by atoms with van der Waals surface area (Å²) >= 11 is 0. The van der Waals surface area contributed by atoms with Crippen LogP contribution in [0.15, 0.2) is 36.9 Å². The second-order valence-corrected chi connectivity index (χ2v) is 4.41. The third-order valence-electron chi connectivity index (χ3n) is 3.09. The molecule has 3 heterocycles. The van der Waals surface area contributed by atoms with E-state index in [9.17, 15) is 5.11 Å². The number of anilines is 2. The molecular weight excluding hydrogens is 256 g/mol. The average molecular weight is 266 g/mol. The molecular formula is C13H10N6O. The lowest BCUT2D eigenvalue weighted by Crippen LogP contribution is -1.95. The Kier molecular flexibility index (Phi) is 2.13. The van der Waals surface area contributed by atoms with Crippen molar-refractivity contribution in [1.82, 2.24) is 24.9 Å². The van der Waals surface area contributed by atoms with E-state index < -0.39 is 0 Å². The minimum absolute atomic E-state index is 0.148. The Balaban J connectivity index is 1.78. The Morgan fingerprint density at radius 2 is 2.05 bits per heavy atom. The molecule has 0 aliphatic heterocycles. The lowest BCUT2D eigenvalue weighted by molar-refractivity contribution is 0.458. The highest BCUT2D eigenvalue weighted by Crippen LogP contribution is 2.25. The molecule has 0 spiro atoms. The number of H-pyrrole nitrogens is 2. The molecule has 7 heteroatoms. The van der Waals surface area contributed by atoms with Crippen molar-refractivity contribution in [3.63, 3.8) is 0 Å². The van der Waals surface area contributed by atoms with Crippen LogP contribution in [-0.4, -0.2) is 30.0 Å².